The van der Waals surface area contributed by atoms with Crippen LogP contribution >= 0.6 is 0 Å². The molecule has 1 fully saturated rings. The first kappa shape index (κ1) is 22.8. The molecule has 2 aromatic carbocycles. The molecule has 7 heteroatoms. The largest absolute Gasteiger partial charge is 0.497 e. The average Bonchev–Trinajstić information content (AvgIpc) is 3.14. The number of anilines is 2. The van der Waals surface area contributed by atoms with Crippen LogP contribution in [0.3, 0.4) is 0 Å². The van der Waals surface area contributed by atoms with Gasteiger partial charge in [0, 0.05) is 48.5 Å². The molecule has 0 bridgehead atoms. The van der Waals surface area contributed by atoms with Crippen LogP contribution in [-0.2, 0) is 11.2 Å². The van der Waals surface area contributed by atoms with Gasteiger partial charge in [0.15, 0.2) is 0 Å². The Kier molecular flexibility index (Phi) is 6.86. The minimum absolute atomic E-state index is 0.0540. The second-order valence-corrected chi connectivity index (χ2v) is 8.68. The first-order valence-corrected chi connectivity index (χ1v) is 11.8. The number of methoxy groups -OCH3 is 1. The van der Waals surface area contributed by atoms with E-state index in [1.54, 1.807) is 25.6 Å². The Hall–Kier alpha value is -3.97. The molecule has 0 saturated carbocycles. The Labute approximate surface area is 204 Å². The number of hydrogen-bond acceptors (Lipinski definition) is 6. The second-order valence-electron chi connectivity index (χ2n) is 8.68. The number of ether oxygens (including phenoxy) is 2. The molecule has 1 aliphatic heterocycles. The summed E-state index contributed by atoms with van der Waals surface area (Å²) < 4.78 is 11.2. The smallest absolute Gasteiger partial charge is 0.257 e. The molecule has 0 spiro atoms. The summed E-state index contributed by atoms with van der Waals surface area (Å²) in [7, 11) is 1.63. The van der Waals surface area contributed by atoms with Crippen molar-refractivity contribution in [2.75, 3.05) is 38.7 Å². The van der Waals surface area contributed by atoms with Crippen molar-refractivity contribution in [1.29, 1.82) is 0 Å². The number of amides is 1. The third-order valence-corrected chi connectivity index (χ3v) is 6.19. The van der Waals surface area contributed by atoms with Gasteiger partial charge in [0.1, 0.15) is 11.6 Å². The summed E-state index contributed by atoms with van der Waals surface area (Å²) in [5, 5.41) is 4.40. The molecule has 178 valence electrons. The summed E-state index contributed by atoms with van der Waals surface area (Å²) in [5.74, 6) is 1.40. The zero-order valence-corrected chi connectivity index (χ0v) is 19.7. The number of pyridine rings is 2. The molecule has 35 heavy (non-hydrogen) atoms. The number of nitrogens with zero attached hydrogens (tertiary/aromatic N) is 3. The quantitative estimate of drug-likeness (QED) is 0.442. The van der Waals surface area contributed by atoms with E-state index in [4.69, 9.17) is 9.47 Å². The molecule has 1 N–H and O–H groups in total. The van der Waals surface area contributed by atoms with Crippen molar-refractivity contribution in [2.45, 2.75) is 6.42 Å². The summed E-state index contributed by atoms with van der Waals surface area (Å²) in [6, 6.07) is 21.5. The van der Waals surface area contributed by atoms with Crippen molar-refractivity contribution in [3.63, 3.8) is 0 Å². The Morgan fingerprint density at radius 1 is 1.09 bits per heavy atom. The van der Waals surface area contributed by atoms with Crippen LogP contribution in [0.15, 0.2) is 79.1 Å². The van der Waals surface area contributed by atoms with Gasteiger partial charge in [0.05, 0.1) is 31.4 Å². The predicted octanol–water partition coefficient (Wildman–Crippen LogP) is 4.71. The van der Waals surface area contributed by atoms with Crippen molar-refractivity contribution >= 4 is 28.3 Å². The average molecular weight is 469 g/mol. The van der Waals surface area contributed by atoms with Crippen molar-refractivity contribution in [3.05, 3.63) is 90.3 Å². The molecule has 2 aromatic heterocycles. The van der Waals surface area contributed by atoms with Gasteiger partial charge in [-0.05, 0) is 54.4 Å². The minimum atomic E-state index is -0.0540. The van der Waals surface area contributed by atoms with Crippen molar-refractivity contribution in [3.8, 4) is 5.75 Å². The summed E-state index contributed by atoms with van der Waals surface area (Å²) in [5.41, 5.74) is 3.54. The highest BCUT2D eigenvalue weighted by atomic mass is 16.5. The van der Waals surface area contributed by atoms with E-state index in [9.17, 15) is 4.79 Å². The molecular weight excluding hydrogens is 440 g/mol. The van der Waals surface area contributed by atoms with E-state index in [-0.39, 0.29) is 11.8 Å². The van der Waals surface area contributed by atoms with Crippen LogP contribution in [0.5, 0.6) is 5.75 Å². The van der Waals surface area contributed by atoms with Crippen LogP contribution in [0.2, 0.25) is 0 Å². The SMILES string of the molecule is COc1cccc(Nc2ncccc2C(=O)N2CCOCC(Cc3ccc4ncccc4c3)C2)c1. The van der Waals surface area contributed by atoms with Gasteiger partial charge < -0.3 is 19.7 Å². The zero-order valence-electron chi connectivity index (χ0n) is 19.7. The fraction of sp³-hybridized carbons (Fsp3) is 0.250. The van der Waals surface area contributed by atoms with E-state index in [2.05, 4.69) is 39.6 Å². The van der Waals surface area contributed by atoms with Gasteiger partial charge in [-0.1, -0.05) is 18.2 Å². The second kappa shape index (κ2) is 10.5. The highest BCUT2D eigenvalue weighted by Gasteiger charge is 2.25. The number of hydrogen-bond donors (Lipinski definition) is 1. The monoisotopic (exact) mass is 468 g/mol. The molecule has 7 nitrogen and oxygen atoms in total. The number of rotatable bonds is 6. The molecule has 1 unspecified atom stereocenters. The van der Waals surface area contributed by atoms with Gasteiger partial charge in [0.25, 0.3) is 5.91 Å². The van der Waals surface area contributed by atoms with E-state index >= 15 is 0 Å². The fourth-order valence-electron chi connectivity index (χ4n) is 4.46. The Bertz CT molecular complexity index is 1330. The van der Waals surface area contributed by atoms with Gasteiger partial charge in [0.2, 0.25) is 0 Å². The third kappa shape index (κ3) is 5.41. The Balaban J connectivity index is 1.33. The van der Waals surface area contributed by atoms with Gasteiger partial charge in [-0.25, -0.2) is 4.98 Å². The number of fused-ring (bicyclic) bond motifs is 1. The molecule has 3 heterocycles. The molecule has 0 radical (unpaired) electrons. The van der Waals surface area contributed by atoms with Crippen LogP contribution in [0.1, 0.15) is 15.9 Å². The topological polar surface area (TPSA) is 76.6 Å². The molecule has 1 aliphatic rings. The molecule has 5 rings (SSSR count). The van der Waals surface area contributed by atoms with E-state index in [1.165, 1.54) is 5.56 Å². The standard InChI is InChI=1S/C28H28N4O3/c1-34-24-7-2-6-23(17-24)31-27-25(8-4-12-30-27)28(33)32-13-14-35-19-21(18-32)15-20-9-10-26-22(16-20)5-3-11-29-26/h2-12,16-17,21H,13-15,18-19H2,1H3,(H,30,31). The lowest BCUT2D eigenvalue weighted by atomic mass is 9.98. The van der Waals surface area contributed by atoms with E-state index in [0.717, 1.165) is 28.8 Å². The maximum Gasteiger partial charge on any atom is 0.257 e. The van der Waals surface area contributed by atoms with Crippen LogP contribution < -0.4 is 10.1 Å². The van der Waals surface area contributed by atoms with Crippen LogP contribution in [0.25, 0.3) is 10.9 Å². The maximum atomic E-state index is 13.6. The lowest BCUT2D eigenvalue weighted by Crippen LogP contribution is -2.36. The first-order valence-electron chi connectivity index (χ1n) is 11.8. The predicted molar refractivity (Wildman–Crippen MR) is 136 cm³/mol. The molecule has 0 aliphatic carbocycles. The van der Waals surface area contributed by atoms with Gasteiger partial charge in [-0.3, -0.25) is 9.78 Å². The summed E-state index contributed by atoms with van der Waals surface area (Å²) in [4.78, 5) is 24.4. The third-order valence-electron chi connectivity index (χ3n) is 6.19. The molecule has 1 saturated heterocycles. The van der Waals surface area contributed by atoms with E-state index < -0.39 is 0 Å². The first-order chi connectivity index (χ1) is 17.2. The Morgan fingerprint density at radius 2 is 1.97 bits per heavy atom. The number of nitrogens with one attached hydrogen (secondary N) is 1. The maximum absolute atomic E-state index is 13.6. The number of aromatic nitrogens is 2. The Morgan fingerprint density at radius 3 is 2.89 bits per heavy atom. The molecule has 1 atom stereocenters. The lowest BCUT2D eigenvalue weighted by Gasteiger charge is -2.24. The molecule has 4 aromatic rings. The fourth-order valence-corrected chi connectivity index (χ4v) is 4.46. The van der Waals surface area contributed by atoms with Crippen molar-refractivity contribution in [1.82, 2.24) is 14.9 Å². The summed E-state index contributed by atoms with van der Waals surface area (Å²) in [6.07, 6.45) is 4.32. The molecule has 1 amide bonds. The van der Waals surface area contributed by atoms with E-state index in [0.29, 0.717) is 37.7 Å². The highest BCUT2D eigenvalue weighted by molar-refractivity contribution is 5.99. The number of carbonyl (C=O) groups excluding carboxylic acids is 1. The van der Waals surface area contributed by atoms with Gasteiger partial charge in [-0.15, -0.1) is 0 Å². The van der Waals surface area contributed by atoms with Crippen LogP contribution in [0, 0.1) is 5.92 Å². The number of benzene rings is 2. The minimum Gasteiger partial charge on any atom is -0.497 e. The highest BCUT2D eigenvalue weighted by Crippen LogP contribution is 2.25. The van der Waals surface area contributed by atoms with Crippen molar-refractivity contribution in [2.24, 2.45) is 5.92 Å². The van der Waals surface area contributed by atoms with Crippen molar-refractivity contribution < 1.29 is 14.3 Å². The summed E-state index contributed by atoms with van der Waals surface area (Å²) >= 11 is 0. The van der Waals surface area contributed by atoms with Gasteiger partial charge in [-0.2, -0.15) is 0 Å². The summed E-state index contributed by atoms with van der Waals surface area (Å²) in [6.45, 7) is 2.31. The van der Waals surface area contributed by atoms with E-state index in [1.807, 2.05) is 41.3 Å². The molecular formula is C28H28N4O3. The lowest BCUT2D eigenvalue weighted by molar-refractivity contribution is 0.0738. The number of carbonyl (C=O) groups is 1. The van der Waals surface area contributed by atoms with Crippen LogP contribution in [-0.4, -0.2) is 54.2 Å². The van der Waals surface area contributed by atoms with Gasteiger partial charge >= 0.3 is 0 Å². The normalized spacial score (nSPS) is 16.0. The zero-order chi connectivity index (χ0) is 24.0. The van der Waals surface area contributed by atoms with Crippen LogP contribution in [0.4, 0.5) is 11.5 Å².